The third-order valence-electron chi connectivity index (χ3n) is 4.30. The Hall–Kier alpha value is -2.92. The van der Waals surface area contributed by atoms with E-state index in [0.717, 1.165) is 28.1 Å². The second-order valence-corrected chi connectivity index (χ2v) is 6.56. The summed E-state index contributed by atoms with van der Waals surface area (Å²) in [4.78, 5) is 16.3. The number of nitrogens with one attached hydrogen (secondary N) is 2. The third-order valence-corrected chi connectivity index (χ3v) is 4.30. The van der Waals surface area contributed by atoms with E-state index in [1.807, 2.05) is 36.7 Å². The van der Waals surface area contributed by atoms with Gasteiger partial charge in [-0.3, -0.25) is 4.79 Å². The Kier molecular flexibility index (Phi) is 5.49. The van der Waals surface area contributed by atoms with E-state index >= 15 is 0 Å². The van der Waals surface area contributed by atoms with Gasteiger partial charge >= 0.3 is 0 Å². The first kappa shape index (κ1) is 17.9. The molecule has 5 nitrogen and oxygen atoms in total. The van der Waals surface area contributed by atoms with Crippen LogP contribution in [0.1, 0.15) is 22.3 Å². The molecular formula is C21H24N4O. The van der Waals surface area contributed by atoms with E-state index < -0.39 is 0 Å². The summed E-state index contributed by atoms with van der Waals surface area (Å²) < 4.78 is 1.96. The first-order chi connectivity index (χ1) is 12.5. The lowest BCUT2D eigenvalue weighted by atomic mass is 10.1. The molecule has 0 radical (unpaired) electrons. The van der Waals surface area contributed by atoms with Crippen molar-refractivity contribution in [3.8, 4) is 5.69 Å². The minimum Gasteiger partial charge on any atom is -0.324 e. The topological polar surface area (TPSA) is 59.0 Å². The highest BCUT2D eigenvalue weighted by atomic mass is 16.1. The average molecular weight is 348 g/mol. The van der Waals surface area contributed by atoms with Crippen LogP contribution in [0.2, 0.25) is 0 Å². The number of carbonyl (C=O) groups excluding carboxylic acids is 1. The van der Waals surface area contributed by atoms with Crippen molar-refractivity contribution in [1.82, 2.24) is 14.9 Å². The lowest BCUT2D eigenvalue weighted by Crippen LogP contribution is -2.28. The molecule has 2 N–H and O–H groups in total. The molecule has 1 aromatic heterocycles. The van der Waals surface area contributed by atoms with Gasteiger partial charge in [0.25, 0.3) is 0 Å². The summed E-state index contributed by atoms with van der Waals surface area (Å²) in [6.07, 6.45) is 5.44. The number of benzene rings is 2. The van der Waals surface area contributed by atoms with Gasteiger partial charge in [-0.25, -0.2) is 4.98 Å². The Morgan fingerprint density at radius 1 is 1.08 bits per heavy atom. The zero-order valence-corrected chi connectivity index (χ0v) is 15.4. The minimum absolute atomic E-state index is 0.0323. The van der Waals surface area contributed by atoms with Gasteiger partial charge in [0.15, 0.2) is 0 Å². The maximum Gasteiger partial charge on any atom is 0.238 e. The van der Waals surface area contributed by atoms with Gasteiger partial charge in [0.05, 0.1) is 12.9 Å². The van der Waals surface area contributed by atoms with E-state index in [1.165, 1.54) is 5.56 Å². The zero-order valence-electron chi connectivity index (χ0n) is 15.4. The van der Waals surface area contributed by atoms with Crippen molar-refractivity contribution in [2.45, 2.75) is 27.3 Å². The second-order valence-electron chi connectivity index (χ2n) is 6.56. The molecule has 0 fully saturated rings. The van der Waals surface area contributed by atoms with Crippen LogP contribution in [0.4, 0.5) is 5.69 Å². The summed E-state index contributed by atoms with van der Waals surface area (Å²) in [6.45, 7) is 7.01. The van der Waals surface area contributed by atoms with Gasteiger partial charge in [-0.15, -0.1) is 0 Å². The van der Waals surface area contributed by atoms with E-state index in [1.54, 1.807) is 12.5 Å². The van der Waals surface area contributed by atoms with E-state index in [0.29, 0.717) is 6.54 Å². The number of aryl methyl sites for hydroxylation is 3. The van der Waals surface area contributed by atoms with Crippen LogP contribution in [-0.4, -0.2) is 22.0 Å². The van der Waals surface area contributed by atoms with E-state index in [2.05, 4.69) is 46.8 Å². The molecule has 0 spiro atoms. The summed E-state index contributed by atoms with van der Waals surface area (Å²) >= 11 is 0. The molecule has 0 aliphatic rings. The summed E-state index contributed by atoms with van der Waals surface area (Å²) in [7, 11) is 0. The standard InChI is InChI=1S/C21H24N4O/c1-15-10-16(2)21(17(3)11-15)24-20(26)13-23-12-18-4-6-19(7-5-18)25-9-8-22-14-25/h4-11,14,23H,12-13H2,1-3H3,(H,24,26). The Bertz CT molecular complexity index is 860. The smallest absolute Gasteiger partial charge is 0.238 e. The number of nitrogens with zero attached hydrogens (tertiary/aromatic N) is 2. The molecule has 26 heavy (non-hydrogen) atoms. The molecule has 0 unspecified atom stereocenters. The molecule has 0 aliphatic heterocycles. The minimum atomic E-state index is -0.0323. The summed E-state index contributed by atoms with van der Waals surface area (Å²) in [5, 5.41) is 6.20. The highest BCUT2D eigenvalue weighted by Gasteiger charge is 2.08. The number of anilines is 1. The van der Waals surface area contributed by atoms with Crippen LogP contribution in [0.25, 0.3) is 5.69 Å². The van der Waals surface area contributed by atoms with Crippen LogP contribution in [0.5, 0.6) is 0 Å². The normalized spacial score (nSPS) is 10.7. The molecule has 0 atom stereocenters. The van der Waals surface area contributed by atoms with Crippen molar-refractivity contribution < 1.29 is 4.79 Å². The molecular weight excluding hydrogens is 324 g/mol. The molecule has 0 saturated carbocycles. The third kappa shape index (κ3) is 4.37. The fraction of sp³-hybridized carbons (Fsp3) is 0.238. The van der Waals surface area contributed by atoms with Gasteiger partial charge in [0.1, 0.15) is 0 Å². The van der Waals surface area contributed by atoms with Crippen molar-refractivity contribution in [3.05, 3.63) is 77.4 Å². The monoisotopic (exact) mass is 348 g/mol. The van der Waals surface area contributed by atoms with Crippen molar-refractivity contribution in [2.24, 2.45) is 0 Å². The summed E-state index contributed by atoms with van der Waals surface area (Å²) in [6, 6.07) is 12.3. The molecule has 2 aromatic carbocycles. The maximum absolute atomic E-state index is 12.2. The first-order valence-electron chi connectivity index (χ1n) is 8.68. The van der Waals surface area contributed by atoms with Crippen molar-refractivity contribution in [2.75, 3.05) is 11.9 Å². The molecule has 1 amide bonds. The van der Waals surface area contributed by atoms with Crippen LogP contribution >= 0.6 is 0 Å². The highest BCUT2D eigenvalue weighted by Crippen LogP contribution is 2.21. The largest absolute Gasteiger partial charge is 0.324 e. The molecule has 5 heteroatoms. The van der Waals surface area contributed by atoms with Crippen LogP contribution in [0.15, 0.2) is 55.1 Å². The lowest BCUT2D eigenvalue weighted by molar-refractivity contribution is -0.115. The molecule has 3 aromatic rings. The molecule has 0 bridgehead atoms. The van der Waals surface area contributed by atoms with E-state index in [4.69, 9.17) is 0 Å². The Morgan fingerprint density at radius 2 is 1.77 bits per heavy atom. The predicted octanol–water partition coefficient (Wildman–Crippen LogP) is 3.53. The van der Waals surface area contributed by atoms with E-state index in [9.17, 15) is 4.79 Å². The number of rotatable bonds is 6. The molecule has 0 aliphatic carbocycles. The quantitative estimate of drug-likeness (QED) is 0.716. The Morgan fingerprint density at radius 3 is 2.38 bits per heavy atom. The van der Waals surface area contributed by atoms with Crippen LogP contribution < -0.4 is 10.6 Å². The highest BCUT2D eigenvalue weighted by molar-refractivity contribution is 5.93. The second kappa shape index (κ2) is 7.97. The summed E-state index contributed by atoms with van der Waals surface area (Å²) in [5.74, 6) is -0.0323. The van der Waals surface area contributed by atoms with Gasteiger partial charge < -0.3 is 15.2 Å². The fourth-order valence-corrected chi connectivity index (χ4v) is 3.08. The molecule has 3 rings (SSSR count). The van der Waals surface area contributed by atoms with Crippen molar-refractivity contribution in [3.63, 3.8) is 0 Å². The predicted molar refractivity (Wildman–Crippen MR) is 105 cm³/mol. The Labute approximate surface area is 154 Å². The zero-order chi connectivity index (χ0) is 18.5. The van der Waals surface area contributed by atoms with Gasteiger partial charge in [-0.05, 0) is 49.6 Å². The summed E-state index contributed by atoms with van der Waals surface area (Å²) in [5.41, 5.74) is 6.48. The lowest BCUT2D eigenvalue weighted by Gasteiger charge is -2.13. The number of aromatic nitrogens is 2. The van der Waals surface area contributed by atoms with Crippen LogP contribution in [0, 0.1) is 20.8 Å². The maximum atomic E-state index is 12.2. The van der Waals surface area contributed by atoms with Gasteiger partial charge in [-0.1, -0.05) is 29.8 Å². The van der Waals surface area contributed by atoms with Crippen molar-refractivity contribution in [1.29, 1.82) is 0 Å². The molecule has 0 saturated heterocycles. The SMILES string of the molecule is Cc1cc(C)c(NC(=O)CNCc2ccc(-n3ccnc3)cc2)c(C)c1. The number of hydrogen-bond donors (Lipinski definition) is 2. The van der Waals surface area contributed by atoms with Crippen LogP contribution in [0.3, 0.4) is 0 Å². The molecule has 134 valence electrons. The van der Waals surface area contributed by atoms with Gasteiger partial charge in [-0.2, -0.15) is 0 Å². The Balaban J connectivity index is 1.51. The van der Waals surface area contributed by atoms with Crippen LogP contribution in [-0.2, 0) is 11.3 Å². The number of amides is 1. The van der Waals surface area contributed by atoms with Gasteiger partial charge in [0.2, 0.25) is 5.91 Å². The van der Waals surface area contributed by atoms with E-state index in [-0.39, 0.29) is 12.5 Å². The first-order valence-corrected chi connectivity index (χ1v) is 8.68. The number of hydrogen-bond acceptors (Lipinski definition) is 3. The van der Waals surface area contributed by atoms with Crippen molar-refractivity contribution >= 4 is 11.6 Å². The fourth-order valence-electron chi connectivity index (χ4n) is 3.08. The number of carbonyl (C=O) groups is 1. The molecule has 1 heterocycles. The number of imidazole rings is 1. The van der Waals surface area contributed by atoms with Gasteiger partial charge in [0, 0.05) is 30.3 Å². The average Bonchev–Trinajstić information content (AvgIpc) is 3.13.